The largest absolute Gasteiger partial charge is 0.383 e. The number of fused-ring (bicyclic) bond motifs is 1. The predicted molar refractivity (Wildman–Crippen MR) is 116 cm³/mol. The summed E-state index contributed by atoms with van der Waals surface area (Å²) in [5.41, 5.74) is 7.52. The summed E-state index contributed by atoms with van der Waals surface area (Å²) in [6.07, 6.45) is 1.14. The van der Waals surface area contributed by atoms with E-state index in [1.54, 1.807) is 13.1 Å². The van der Waals surface area contributed by atoms with Crippen LogP contribution in [0.4, 0.5) is 19.0 Å². The molecule has 3 aromatic rings. The lowest BCUT2D eigenvalue weighted by Crippen LogP contribution is -2.23. The Morgan fingerprint density at radius 2 is 2.00 bits per heavy atom. The van der Waals surface area contributed by atoms with Gasteiger partial charge in [-0.1, -0.05) is 24.3 Å². The number of hydrogen-bond acceptors (Lipinski definition) is 5. The molecule has 0 fully saturated rings. The Bertz CT molecular complexity index is 1240. The molecule has 0 saturated carbocycles. The maximum atomic E-state index is 12.8. The lowest BCUT2D eigenvalue weighted by molar-refractivity contribution is 0.146. The van der Waals surface area contributed by atoms with Gasteiger partial charge < -0.3 is 5.73 Å². The standard InChI is InChI=1S/C13H14N4O2S.C8H7F3/c1-17-12-10(11(14)15-7-16-12)6-9(13(17)18)8-2-4-20(19)5-3-8;1-5-3-2-4-6(7(5)9)8(10)11/h2,6-7H,3-5H2,1H3,(H2,14,15,16);2-4,8H,1H3. The number of hydrogen-bond donors (Lipinski definition) is 1. The van der Waals surface area contributed by atoms with Crippen LogP contribution in [0, 0.1) is 12.7 Å². The molecule has 2 N–H and O–H groups in total. The number of alkyl halides is 2. The van der Waals surface area contributed by atoms with Crippen molar-refractivity contribution < 1.29 is 17.4 Å². The summed E-state index contributed by atoms with van der Waals surface area (Å²) in [7, 11) is 0.856. The van der Waals surface area contributed by atoms with Crippen LogP contribution < -0.4 is 11.3 Å². The van der Waals surface area contributed by atoms with Crippen molar-refractivity contribution in [3.8, 4) is 0 Å². The first-order valence-electron chi connectivity index (χ1n) is 9.38. The Kier molecular flexibility index (Phi) is 6.89. The molecule has 1 aromatic carbocycles. The predicted octanol–water partition coefficient (Wildman–Crippen LogP) is 3.52. The fraction of sp³-hybridized carbons (Fsp3) is 0.286. The fourth-order valence-corrected chi connectivity index (χ4v) is 4.21. The molecule has 0 spiro atoms. The van der Waals surface area contributed by atoms with E-state index in [1.165, 1.54) is 30.0 Å². The highest BCUT2D eigenvalue weighted by atomic mass is 32.2. The van der Waals surface area contributed by atoms with E-state index in [0.717, 1.165) is 11.6 Å². The Morgan fingerprint density at radius 3 is 2.61 bits per heavy atom. The van der Waals surface area contributed by atoms with Crippen molar-refractivity contribution in [2.75, 3.05) is 17.2 Å². The highest BCUT2D eigenvalue weighted by Crippen LogP contribution is 2.24. The Labute approximate surface area is 179 Å². The molecule has 6 nitrogen and oxygen atoms in total. The van der Waals surface area contributed by atoms with Crippen molar-refractivity contribution in [2.24, 2.45) is 7.05 Å². The first-order chi connectivity index (χ1) is 14.7. The third-order valence-corrected chi connectivity index (χ3v) is 6.15. The number of nitrogen functional groups attached to an aromatic ring is 1. The van der Waals surface area contributed by atoms with Crippen LogP contribution in [0.2, 0.25) is 0 Å². The smallest absolute Gasteiger partial charge is 0.266 e. The molecule has 3 heterocycles. The van der Waals surface area contributed by atoms with Crippen molar-refractivity contribution >= 4 is 33.2 Å². The van der Waals surface area contributed by atoms with Gasteiger partial charge in [0.2, 0.25) is 0 Å². The molecule has 164 valence electrons. The van der Waals surface area contributed by atoms with Gasteiger partial charge in [-0.3, -0.25) is 13.6 Å². The zero-order valence-electron chi connectivity index (χ0n) is 16.9. The molecule has 31 heavy (non-hydrogen) atoms. The van der Waals surface area contributed by atoms with Gasteiger partial charge in [-0.15, -0.1) is 0 Å². The van der Waals surface area contributed by atoms with E-state index in [1.807, 2.05) is 6.08 Å². The van der Waals surface area contributed by atoms with E-state index in [4.69, 9.17) is 5.73 Å². The second-order valence-corrected chi connectivity index (χ2v) is 8.61. The number of rotatable bonds is 2. The number of benzene rings is 1. The Hall–Kier alpha value is -3.01. The normalized spacial score (nSPS) is 16.1. The molecular weight excluding hydrogens is 429 g/mol. The van der Waals surface area contributed by atoms with Gasteiger partial charge in [-0.25, -0.2) is 23.1 Å². The molecule has 0 amide bonds. The van der Waals surface area contributed by atoms with Crippen LogP contribution in [-0.2, 0) is 17.8 Å². The van der Waals surface area contributed by atoms with E-state index in [-0.39, 0.29) is 11.1 Å². The van der Waals surface area contributed by atoms with Crippen molar-refractivity contribution in [1.29, 1.82) is 0 Å². The minimum Gasteiger partial charge on any atom is -0.383 e. The minimum absolute atomic E-state index is 0.116. The second-order valence-electron chi connectivity index (χ2n) is 6.99. The van der Waals surface area contributed by atoms with Gasteiger partial charge in [0.15, 0.2) is 0 Å². The van der Waals surface area contributed by atoms with E-state index < -0.39 is 28.6 Å². The summed E-state index contributed by atoms with van der Waals surface area (Å²) in [4.78, 5) is 20.5. The number of aryl methyl sites for hydroxylation is 2. The quantitative estimate of drug-likeness (QED) is 0.645. The molecule has 0 aliphatic carbocycles. The maximum absolute atomic E-state index is 12.8. The van der Waals surface area contributed by atoms with Gasteiger partial charge in [0.25, 0.3) is 12.0 Å². The van der Waals surface area contributed by atoms with Crippen molar-refractivity contribution in [3.63, 3.8) is 0 Å². The van der Waals surface area contributed by atoms with Crippen LogP contribution in [0.5, 0.6) is 0 Å². The molecule has 0 bridgehead atoms. The monoisotopic (exact) mass is 450 g/mol. The molecule has 4 rings (SSSR count). The summed E-state index contributed by atoms with van der Waals surface area (Å²) in [5.74, 6) is 0.639. The van der Waals surface area contributed by atoms with Gasteiger partial charge in [-0.2, -0.15) is 0 Å². The lowest BCUT2D eigenvalue weighted by atomic mass is 10.0. The zero-order valence-corrected chi connectivity index (χ0v) is 17.8. The van der Waals surface area contributed by atoms with Gasteiger partial charge in [0.05, 0.1) is 10.9 Å². The molecule has 10 heteroatoms. The van der Waals surface area contributed by atoms with Crippen LogP contribution >= 0.6 is 0 Å². The molecular formula is C21H21F3N4O2S. The van der Waals surface area contributed by atoms with Crippen LogP contribution in [-0.4, -0.2) is 30.2 Å². The summed E-state index contributed by atoms with van der Waals surface area (Å²) in [5, 5.41) is 0.664. The molecule has 2 aromatic heterocycles. The summed E-state index contributed by atoms with van der Waals surface area (Å²) in [6, 6.07) is 5.71. The van der Waals surface area contributed by atoms with E-state index in [9.17, 15) is 22.2 Å². The van der Waals surface area contributed by atoms with E-state index in [0.29, 0.717) is 40.3 Å². The van der Waals surface area contributed by atoms with E-state index in [2.05, 4.69) is 9.97 Å². The maximum Gasteiger partial charge on any atom is 0.266 e. The summed E-state index contributed by atoms with van der Waals surface area (Å²) >= 11 is 0. The molecule has 1 aliphatic rings. The average molecular weight is 450 g/mol. The van der Waals surface area contributed by atoms with Crippen molar-refractivity contribution in [1.82, 2.24) is 14.5 Å². The number of halogens is 3. The van der Waals surface area contributed by atoms with Gasteiger partial charge in [-0.05, 0) is 30.5 Å². The Morgan fingerprint density at radius 1 is 1.26 bits per heavy atom. The first kappa shape index (κ1) is 22.7. The van der Waals surface area contributed by atoms with Gasteiger partial charge in [0.1, 0.15) is 23.6 Å². The molecule has 1 aliphatic heterocycles. The van der Waals surface area contributed by atoms with Crippen LogP contribution in [0.1, 0.15) is 29.5 Å². The fourth-order valence-electron chi connectivity index (χ4n) is 3.20. The topological polar surface area (TPSA) is 90.9 Å². The minimum atomic E-state index is -2.73. The molecule has 1 atom stereocenters. The highest BCUT2D eigenvalue weighted by molar-refractivity contribution is 7.85. The molecule has 0 saturated heterocycles. The highest BCUT2D eigenvalue weighted by Gasteiger charge is 2.17. The SMILES string of the molecule is Cc1cccc(C(F)F)c1F.Cn1c(=O)c(C2=CCS(=O)CC2)cc2c(N)ncnc21. The number of anilines is 1. The number of nitrogens with two attached hydrogens (primary N) is 1. The summed E-state index contributed by atoms with van der Waals surface area (Å²) < 4.78 is 49.6. The summed E-state index contributed by atoms with van der Waals surface area (Å²) in [6.45, 7) is 1.46. The van der Waals surface area contributed by atoms with Gasteiger partial charge >= 0.3 is 0 Å². The second kappa shape index (κ2) is 9.42. The first-order valence-corrected chi connectivity index (χ1v) is 10.9. The van der Waals surface area contributed by atoms with Crippen LogP contribution in [0.25, 0.3) is 16.6 Å². The number of pyridine rings is 1. The van der Waals surface area contributed by atoms with Crippen LogP contribution in [0.3, 0.4) is 0 Å². The Balaban J connectivity index is 0.000000210. The third kappa shape index (κ3) is 4.84. The van der Waals surface area contributed by atoms with Crippen LogP contribution in [0.15, 0.2) is 41.5 Å². The number of allylic oxidation sites excluding steroid dienone is 1. The molecule has 1 unspecified atom stereocenters. The van der Waals surface area contributed by atoms with Crippen molar-refractivity contribution in [3.05, 3.63) is 69.5 Å². The van der Waals surface area contributed by atoms with E-state index >= 15 is 0 Å². The number of nitrogens with zero attached hydrogens (tertiary/aromatic N) is 3. The van der Waals surface area contributed by atoms with Crippen molar-refractivity contribution in [2.45, 2.75) is 19.8 Å². The average Bonchev–Trinajstić information content (AvgIpc) is 2.74. The third-order valence-electron chi connectivity index (χ3n) is 4.95. The number of aromatic nitrogens is 3. The zero-order chi connectivity index (χ0) is 22.7. The molecule has 0 radical (unpaired) electrons. The van der Waals surface area contributed by atoms with Gasteiger partial charge in [0, 0.05) is 34.9 Å². The lowest BCUT2D eigenvalue weighted by Gasteiger charge is -2.14.